The van der Waals surface area contributed by atoms with Crippen molar-refractivity contribution >= 4 is 16.6 Å². The van der Waals surface area contributed by atoms with E-state index in [1.165, 1.54) is 0 Å². The van der Waals surface area contributed by atoms with Gasteiger partial charge in [-0.1, -0.05) is 25.1 Å². The first-order chi connectivity index (χ1) is 9.13. The lowest BCUT2D eigenvalue weighted by molar-refractivity contribution is 0.367. The van der Waals surface area contributed by atoms with Crippen molar-refractivity contribution in [3.05, 3.63) is 40.7 Å². The van der Waals surface area contributed by atoms with E-state index in [1.54, 1.807) is 17.7 Å². The van der Waals surface area contributed by atoms with Crippen LogP contribution in [0.1, 0.15) is 6.92 Å². The summed E-state index contributed by atoms with van der Waals surface area (Å²) in [5.41, 5.74) is 1.90. The molecule has 0 aliphatic rings. The van der Waals surface area contributed by atoms with E-state index >= 15 is 0 Å². The summed E-state index contributed by atoms with van der Waals surface area (Å²) in [6, 6.07) is 9.64. The molecule has 1 aromatic carbocycles. The van der Waals surface area contributed by atoms with E-state index < -0.39 is 0 Å². The third kappa shape index (κ3) is 2.96. The van der Waals surface area contributed by atoms with Crippen LogP contribution in [0.15, 0.2) is 35.1 Å². The average molecular weight is 259 g/mol. The molecule has 0 fully saturated rings. The van der Waals surface area contributed by atoms with E-state index in [4.69, 9.17) is 0 Å². The SMILES string of the molecule is CCN(C)CCNc1cc(=O)n(C)c2ccccc12. The Hall–Kier alpha value is -1.81. The van der Waals surface area contributed by atoms with Crippen molar-refractivity contribution in [3.63, 3.8) is 0 Å². The van der Waals surface area contributed by atoms with Gasteiger partial charge in [-0.2, -0.15) is 0 Å². The van der Waals surface area contributed by atoms with Gasteiger partial charge >= 0.3 is 0 Å². The Labute approximate surface area is 113 Å². The summed E-state index contributed by atoms with van der Waals surface area (Å²) in [6.45, 7) is 4.95. The number of anilines is 1. The van der Waals surface area contributed by atoms with Gasteiger partial charge in [0.15, 0.2) is 0 Å². The van der Waals surface area contributed by atoms with Gasteiger partial charge in [0.1, 0.15) is 0 Å². The molecule has 4 heteroatoms. The molecule has 102 valence electrons. The van der Waals surface area contributed by atoms with E-state index in [9.17, 15) is 4.79 Å². The van der Waals surface area contributed by atoms with Crippen LogP contribution >= 0.6 is 0 Å². The number of hydrogen-bond acceptors (Lipinski definition) is 3. The van der Waals surface area contributed by atoms with E-state index in [0.717, 1.165) is 36.2 Å². The lowest BCUT2D eigenvalue weighted by atomic mass is 10.2. The highest BCUT2D eigenvalue weighted by molar-refractivity contribution is 5.91. The number of aromatic nitrogens is 1. The summed E-state index contributed by atoms with van der Waals surface area (Å²) < 4.78 is 1.68. The van der Waals surface area contributed by atoms with E-state index in [-0.39, 0.29) is 5.56 Å². The Morgan fingerprint density at radius 2 is 2.05 bits per heavy atom. The molecular formula is C15H21N3O. The molecule has 1 aromatic heterocycles. The van der Waals surface area contributed by atoms with Gasteiger partial charge in [0.25, 0.3) is 5.56 Å². The van der Waals surface area contributed by atoms with Gasteiger partial charge in [-0.05, 0) is 19.7 Å². The summed E-state index contributed by atoms with van der Waals surface area (Å²) in [4.78, 5) is 14.2. The normalized spacial score (nSPS) is 11.2. The largest absolute Gasteiger partial charge is 0.383 e. The molecule has 0 saturated carbocycles. The van der Waals surface area contributed by atoms with Crippen molar-refractivity contribution in [3.8, 4) is 0 Å². The molecule has 1 heterocycles. The molecule has 0 aliphatic carbocycles. The lowest BCUT2D eigenvalue weighted by Gasteiger charge is -2.16. The fourth-order valence-corrected chi connectivity index (χ4v) is 2.10. The second kappa shape index (κ2) is 5.89. The van der Waals surface area contributed by atoms with Crippen LogP contribution in [0.5, 0.6) is 0 Å². The van der Waals surface area contributed by atoms with Gasteiger partial charge in [-0.3, -0.25) is 4.79 Å². The van der Waals surface area contributed by atoms with Crippen molar-refractivity contribution in [2.24, 2.45) is 7.05 Å². The first-order valence-corrected chi connectivity index (χ1v) is 6.64. The number of likely N-dealkylation sites (N-methyl/N-ethyl adjacent to an activating group) is 1. The van der Waals surface area contributed by atoms with Gasteiger partial charge in [-0.15, -0.1) is 0 Å². The quantitative estimate of drug-likeness (QED) is 0.891. The van der Waals surface area contributed by atoms with Crippen molar-refractivity contribution in [1.29, 1.82) is 0 Å². The van der Waals surface area contributed by atoms with E-state index in [2.05, 4.69) is 24.2 Å². The molecule has 0 atom stereocenters. The van der Waals surface area contributed by atoms with Crippen molar-refractivity contribution in [1.82, 2.24) is 9.47 Å². The van der Waals surface area contributed by atoms with Gasteiger partial charge in [0.2, 0.25) is 0 Å². The van der Waals surface area contributed by atoms with Crippen LogP contribution in [0.25, 0.3) is 10.9 Å². The summed E-state index contributed by atoms with van der Waals surface area (Å²) in [6.07, 6.45) is 0. The van der Waals surface area contributed by atoms with Crippen molar-refractivity contribution in [2.45, 2.75) is 6.92 Å². The smallest absolute Gasteiger partial charge is 0.252 e. The minimum atomic E-state index is 0.0186. The highest BCUT2D eigenvalue weighted by Gasteiger charge is 2.05. The minimum absolute atomic E-state index is 0.0186. The molecule has 4 nitrogen and oxygen atoms in total. The second-order valence-corrected chi connectivity index (χ2v) is 4.80. The summed E-state index contributed by atoms with van der Waals surface area (Å²) in [5.74, 6) is 0. The maximum atomic E-state index is 11.9. The number of aryl methyl sites for hydroxylation is 1. The zero-order valence-corrected chi connectivity index (χ0v) is 11.8. The van der Waals surface area contributed by atoms with Gasteiger partial charge < -0.3 is 14.8 Å². The number of nitrogens with zero attached hydrogens (tertiary/aromatic N) is 2. The number of pyridine rings is 1. The zero-order chi connectivity index (χ0) is 13.8. The van der Waals surface area contributed by atoms with Crippen LogP contribution in [-0.2, 0) is 7.05 Å². The third-order valence-electron chi connectivity index (χ3n) is 3.50. The Morgan fingerprint density at radius 3 is 2.79 bits per heavy atom. The molecule has 2 rings (SSSR count). The molecule has 0 saturated heterocycles. The van der Waals surface area contributed by atoms with Crippen molar-refractivity contribution in [2.75, 3.05) is 32.0 Å². The maximum absolute atomic E-state index is 11.9. The summed E-state index contributed by atoms with van der Waals surface area (Å²) in [5, 5.41) is 4.45. The minimum Gasteiger partial charge on any atom is -0.383 e. The Morgan fingerprint density at radius 1 is 1.32 bits per heavy atom. The van der Waals surface area contributed by atoms with E-state index in [0.29, 0.717) is 0 Å². The van der Waals surface area contributed by atoms with Crippen LogP contribution in [0.3, 0.4) is 0 Å². The predicted molar refractivity (Wildman–Crippen MR) is 80.8 cm³/mol. The second-order valence-electron chi connectivity index (χ2n) is 4.80. The maximum Gasteiger partial charge on any atom is 0.252 e. The highest BCUT2D eigenvalue weighted by atomic mass is 16.1. The third-order valence-corrected chi connectivity index (χ3v) is 3.50. The molecular weight excluding hydrogens is 238 g/mol. The Bertz CT molecular complexity index is 618. The number of nitrogens with one attached hydrogen (secondary N) is 1. The number of hydrogen-bond donors (Lipinski definition) is 1. The summed E-state index contributed by atoms with van der Waals surface area (Å²) >= 11 is 0. The van der Waals surface area contributed by atoms with Gasteiger partial charge in [0, 0.05) is 37.3 Å². The summed E-state index contributed by atoms with van der Waals surface area (Å²) in [7, 11) is 3.89. The van der Waals surface area contributed by atoms with Crippen LogP contribution < -0.4 is 10.9 Å². The topological polar surface area (TPSA) is 37.3 Å². The van der Waals surface area contributed by atoms with Crippen LogP contribution in [0, 0.1) is 0 Å². The molecule has 0 bridgehead atoms. The lowest BCUT2D eigenvalue weighted by Crippen LogP contribution is -2.25. The monoisotopic (exact) mass is 259 g/mol. The van der Waals surface area contributed by atoms with Crippen LogP contribution in [-0.4, -0.2) is 36.1 Å². The molecule has 0 radical (unpaired) electrons. The molecule has 0 spiro atoms. The fraction of sp³-hybridized carbons (Fsp3) is 0.400. The molecule has 19 heavy (non-hydrogen) atoms. The fourth-order valence-electron chi connectivity index (χ4n) is 2.10. The first kappa shape index (κ1) is 13.6. The highest BCUT2D eigenvalue weighted by Crippen LogP contribution is 2.20. The van der Waals surface area contributed by atoms with Gasteiger partial charge in [0.05, 0.1) is 5.52 Å². The molecule has 1 N–H and O–H groups in total. The van der Waals surface area contributed by atoms with Crippen molar-refractivity contribution < 1.29 is 0 Å². The first-order valence-electron chi connectivity index (χ1n) is 6.64. The number of rotatable bonds is 5. The average Bonchev–Trinajstić information content (AvgIpc) is 2.44. The van der Waals surface area contributed by atoms with Gasteiger partial charge in [-0.25, -0.2) is 0 Å². The number of para-hydroxylation sites is 1. The standard InChI is InChI=1S/C15H21N3O/c1-4-17(2)10-9-16-13-11-15(19)18(3)14-8-6-5-7-12(13)14/h5-8,11,16H,4,9-10H2,1-3H3. The van der Waals surface area contributed by atoms with Crippen LogP contribution in [0.2, 0.25) is 0 Å². The zero-order valence-electron chi connectivity index (χ0n) is 11.8. The number of benzene rings is 1. The predicted octanol–water partition coefficient (Wildman–Crippen LogP) is 1.90. The number of fused-ring (bicyclic) bond motifs is 1. The Balaban J connectivity index is 2.28. The van der Waals surface area contributed by atoms with E-state index in [1.807, 2.05) is 24.3 Å². The molecule has 2 aromatic rings. The molecule has 0 aliphatic heterocycles. The Kier molecular flexibility index (Phi) is 4.22. The van der Waals surface area contributed by atoms with Crippen LogP contribution in [0.4, 0.5) is 5.69 Å². The molecule has 0 amide bonds. The molecule has 0 unspecified atom stereocenters.